The van der Waals surface area contributed by atoms with E-state index in [9.17, 15) is 9.59 Å². The van der Waals surface area contributed by atoms with Gasteiger partial charge in [0.05, 0.1) is 12.8 Å². The number of anilines is 1. The van der Waals surface area contributed by atoms with Crippen molar-refractivity contribution in [2.75, 3.05) is 32.6 Å². The summed E-state index contributed by atoms with van der Waals surface area (Å²) in [5, 5.41) is 0. The summed E-state index contributed by atoms with van der Waals surface area (Å²) in [7, 11) is 4.81. The van der Waals surface area contributed by atoms with Crippen molar-refractivity contribution >= 4 is 23.8 Å². The third-order valence-electron chi connectivity index (χ3n) is 3.57. The van der Waals surface area contributed by atoms with Crippen LogP contribution in [-0.2, 0) is 9.53 Å². The molecule has 0 radical (unpaired) electrons. The summed E-state index contributed by atoms with van der Waals surface area (Å²) < 4.78 is 4.61. The van der Waals surface area contributed by atoms with Crippen LogP contribution < -0.4 is 4.90 Å². The largest absolute Gasteiger partial charge is 0.466 e. The Bertz CT molecular complexity index is 593. The molecular weight excluding hydrogens is 268 g/mol. The lowest BCUT2D eigenvalue weighted by Crippen LogP contribution is -2.38. The minimum absolute atomic E-state index is 0.0560. The van der Waals surface area contributed by atoms with Gasteiger partial charge in [-0.1, -0.05) is 25.1 Å². The van der Waals surface area contributed by atoms with Gasteiger partial charge in [-0.2, -0.15) is 0 Å². The van der Waals surface area contributed by atoms with Gasteiger partial charge in [-0.05, 0) is 17.2 Å². The van der Waals surface area contributed by atoms with Gasteiger partial charge in [0.15, 0.2) is 0 Å². The van der Waals surface area contributed by atoms with E-state index >= 15 is 0 Å². The molecule has 2 rings (SSSR count). The maximum Gasteiger partial charge on any atom is 0.330 e. The van der Waals surface area contributed by atoms with Crippen molar-refractivity contribution in [3.05, 3.63) is 35.4 Å². The first-order valence-electron chi connectivity index (χ1n) is 6.83. The molecular formula is C16H20N2O3. The molecule has 1 unspecified atom stereocenters. The quantitative estimate of drug-likeness (QED) is 0.620. The summed E-state index contributed by atoms with van der Waals surface area (Å²) in [6.45, 7) is 2.74. The van der Waals surface area contributed by atoms with Gasteiger partial charge in [-0.3, -0.25) is 4.90 Å². The minimum atomic E-state index is -0.413. The molecule has 1 aliphatic rings. The molecule has 0 fully saturated rings. The normalized spacial score (nSPS) is 17.0. The van der Waals surface area contributed by atoms with Gasteiger partial charge in [-0.25, -0.2) is 9.59 Å². The molecule has 0 spiro atoms. The number of methoxy groups -OCH3 is 1. The predicted molar refractivity (Wildman–Crippen MR) is 82.3 cm³/mol. The van der Waals surface area contributed by atoms with Crippen LogP contribution in [0.25, 0.3) is 6.08 Å². The highest BCUT2D eigenvalue weighted by atomic mass is 16.5. The lowest BCUT2D eigenvalue weighted by Gasteiger charge is -2.23. The number of hydrogen-bond acceptors (Lipinski definition) is 3. The van der Waals surface area contributed by atoms with Gasteiger partial charge in [0.2, 0.25) is 0 Å². The molecule has 5 nitrogen and oxygen atoms in total. The van der Waals surface area contributed by atoms with Gasteiger partial charge in [-0.15, -0.1) is 0 Å². The predicted octanol–water partition coefficient (Wildman–Crippen LogP) is 2.48. The number of amides is 2. The summed E-state index contributed by atoms with van der Waals surface area (Å²) in [6.07, 6.45) is 3.07. The van der Waals surface area contributed by atoms with Gasteiger partial charge in [0.1, 0.15) is 0 Å². The van der Waals surface area contributed by atoms with Crippen LogP contribution in [0.2, 0.25) is 0 Å². The summed E-state index contributed by atoms with van der Waals surface area (Å²) >= 11 is 0. The first-order chi connectivity index (χ1) is 9.95. The number of urea groups is 1. The monoisotopic (exact) mass is 288 g/mol. The van der Waals surface area contributed by atoms with Crippen LogP contribution in [0.1, 0.15) is 24.0 Å². The molecule has 0 bridgehead atoms. The molecule has 0 saturated carbocycles. The molecule has 1 aromatic carbocycles. The molecule has 1 aliphatic heterocycles. The number of para-hydroxylation sites is 1. The average molecular weight is 288 g/mol. The van der Waals surface area contributed by atoms with Crippen LogP contribution in [-0.4, -0.2) is 44.7 Å². The van der Waals surface area contributed by atoms with Crippen LogP contribution in [0.4, 0.5) is 10.5 Å². The third kappa shape index (κ3) is 2.91. The van der Waals surface area contributed by atoms with Crippen molar-refractivity contribution in [2.45, 2.75) is 12.8 Å². The number of nitrogens with zero attached hydrogens (tertiary/aromatic N) is 2. The zero-order valence-corrected chi connectivity index (χ0v) is 12.8. The highest BCUT2D eigenvalue weighted by molar-refractivity contribution is 5.98. The molecule has 1 atom stereocenters. The molecule has 1 heterocycles. The molecule has 21 heavy (non-hydrogen) atoms. The van der Waals surface area contributed by atoms with Gasteiger partial charge in [0, 0.05) is 32.6 Å². The second kappa shape index (κ2) is 5.99. The fourth-order valence-corrected chi connectivity index (χ4v) is 2.53. The van der Waals surface area contributed by atoms with E-state index in [0.29, 0.717) is 6.54 Å². The molecule has 2 amide bonds. The van der Waals surface area contributed by atoms with E-state index in [1.54, 1.807) is 30.0 Å². The lowest BCUT2D eigenvalue weighted by molar-refractivity contribution is -0.134. The van der Waals surface area contributed by atoms with Crippen molar-refractivity contribution in [3.8, 4) is 0 Å². The number of ether oxygens (including phenoxy) is 1. The zero-order chi connectivity index (χ0) is 15.6. The number of carbonyl (C=O) groups is 2. The number of esters is 1. The number of hydrogen-bond donors (Lipinski definition) is 0. The van der Waals surface area contributed by atoms with Crippen LogP contribution in [0.15, 0.2) is 24.3 Å². The van der Waals surface area contributed by atoms with Gasteiger partial charge in [0.25, 0.3) is 0 Å². The van der Waals surface area contributed by atoms with E-state index in [1.165, 1.54) is 13.2 Å². The highest BCUT2D eigenvalue weighted by Crippen LogP contribution is 2.39. The van der Waals surface area contributed by atoms with E-state index < -0.39 is 5.97 Å². The standard InChI is InChI=1S/C16H20N2O3/c1-11-10-18(16(20)17(2)3)15-12(6-5-7-13(11)15)8-9-14(19)21-4/h5-9,11H,10H2,1-4H3/b9-8+. The number of rotatable bonds is 2. The maximum absolute atomic E-state index is 12.3. The van der Waals surface area contributed by atoms with Crippen molar-refractivity contribution < 1.29 is 14.3 Å². The molecule has 0 aliphatic carbocycles. The van der Waals surface area contributed by atoms with Gasteiger partial charge < -0.3 is 9.64 Å². The van der Waals surface area contributed by atoms with E-state index in [4.69, 9.17) is 0 Å². The molecule has 0 saturated heterocycles. The van der Waals surface area contributed by atoms with E-state index in [1.807, 2.05) is 18.2 Å². The summed E-state index contributed by atoms with van der Waals surface area (Å²) in [4.78, 5) is 26.9. The third-order valence-corrected chi connectivity index (χ3v) is 3.57. The maximum atomic E-state index is 12.3. The molecule has 1 aromatic rings. The second-order valence-corrected chi connectivity index (χ2v) is 5.33. The Hall–Kier alpha value is -2.30. The van der Waals surface area contributed by atoms with Crippen LogP contribution in [0, 0.1) is 0 Å². The molecule has 0 aromatic heterocycles. The zero-order valence-electron chi connectivity index (χ0n) is 12.8. The smallest absolute Gasteiger partial charge is 0.330 e. The highest BCUT2D eigenvalue weighted by Gasteiger charge is 2.32. The average Bonchev–Trinajstić information content (AvgIpc) is 2.81. The van der Waals surface area contributed by atoms with Crippen LogP contribution in [0.3, 0.4) is 0 Å². The Balaban J connectivity index is 2.45. The molecule has 5 heteroatoms. The van der Waals surface area contributed by atoms with Crippen LogP contribution in [0.5, 0.6) is 0 Å². The summed E-state index contributed by atoms with van der Waals surface area (Å²) in [5.41, 5.74) is 2.85. The first kappa shape index (κ1) is 15.1. The minimum Gasteiger partial charge on any atom is -0.466 e. The number of carbonyl (C=O) groups excluding carboxylic acids is 2. The topological polar surface area (TPSA) is 49.9 Å². The fraction of sp³-hybridized carbons (Fsp3) is 0.375. The van der Waals surface area contributed by atoms with E-state index in [0.717, 1.165) is 16.8 Å². The van der Waals surface area contributed by atoms with Crippen molar-refractivity contribution in [3.63, 3.8) is 0 Å². The Labute approximate surface area is 124 Å². The first-order valence-corrected chi connectivity index (χ1v) is 6.83. The fourth-order valence-electron chi connectivity index (χ4n) is 2.53. The Morgan fingerprint density at radius 3 is 2.71 bits per heavy atom. The van der Waals surface area contributed by atoms with E-state index in [-0.39, 0.29) is 11.9 Å². The van der Waals surface area contributed by atoms with Gasteiger partial charge >= 0.3 is 12.0 Å². The van der Waals surface area contributed by atoms with Crippen molar-refractivity contribution in [2.24, 2.45) is 0 Å². The second-order valence-electron chi connectivity index (χ2n) is 5.33. The van der Waals surface area contributed by atoms with Crippen LogP contribution >= 0.6 is 0 Å². The molecule has 0 N–H and O–H groups in total. The van der Waals surface area contributed by atoms with Crippen molar-refractivity contribution in [1.29, 1.82) is 0 Å². The number of fused-ring (bicyclic) bond motifs is 1. The lowest BCUT2D eigenvalue weighted by atomic mass is 10.0. The Kier molecular flexibility index (Phi) is 4.31. The Morgan fingerprint density at radius 1 is 1.38 bits per heavy atom. The number of benzene rings is 1. The SMILES string of the molecule is COC(=O)/C=C/c1cccc2c1N(C(=O)N(C)C)CC2C. The Morgan fingerprint density at radius 2 is 2.10 bits per heavy atom. The van der Waals surface area contributed by atoms with E-state index in [2.05, 4.69) is 11.7 Å². The van der Waals surface area contributed by atoms with Crippen molar-refractivity contribution in [1.82, 2.24) is 4.90 Å². The summed E-state index contributed by atoms with van der Waals surface area (Å²) in [5.74, 6) is -0.139. The summed E-state index contributed by atoms with van der Waals surface area (Å²) in [6, 6.07) is 5.81. The molecule has 112 valence electrons.